The molecule has 2 atom stereocenters. The highest BCUT2D eigenvalue weighted by Gasteiger charge is 2.23. The van der Waals surface area contributed by atoms with Gasteiger partial charge in [0.1, 0.15) is 0 Å². The van der Waals surface area contributed by atoms with E-state index in [2.05, 4.69) is 32.6 Å². The Morgan fingerprint density at radius 2 is 0.774 bits per heavy atom. The molecule has 0 bridgehead atoms. The number of nitrogens with zero attached hydrogens (tertiary/aromatic N) is 1. The summed E-state index contributed by atoms with van der Waals surface area (Å²) in [6.45, 7) is 12.4. The predicted molar refractivity (Wildman–Crippen MR) is 267 cm³/mol. The molecule has 368 valence electrons. The summed E-state index contributed by atoms with van der Waals surface area (Å²) >= 11 is 0. The highest BCUT2D eigenvalue weighted by molar-refractivity contribution is 5.69. The van der Waals surface area contributed by atoms with Gasteiger partial charge in [0.15, 0.2) is 0 Å². The topological polar surface area (TPSA) is 76.1 Å². The van der Waals surface area contributed by atoms with Crippen LogP contribution in [0.15, 0.2) is 0 Å². The van der Waals surface area contributed by atoms with Crippen LogP contribution in [0.5, 0.6) is 0 Å². The van der Waals surface area contributed by atoms with Crippen LogP contribution in [-0.4, -0.2) is 60.9 Å². The van der Waals surface area contributed by atoms with Crippen LogP contribution in [-0.2, 0) is 19.1 Å². The minimum atomic E-state index is 0.000262. The maximum Gasteiger partial charge on any atom is 0.305 e. The lowest BCUT2D eigenvalue weighted by Gasteiger charge is -2.35. The van der Waals surface area contributed by atoms with Crippen molar-refractivity contribution in [1.29, 1.82) is 0 Å². The van der Waals surface area contributed by atoms with Gasteiger partial charge < -0.3 is 14.6 Å². The molecule has 62 heavy (non-hydrogen) atoms. The highest BCUT2D eigenvalue weighted by atomic mass is 16.5. The summed E-state index contributed by atoms with van der Waals surface area (Å²) in [4.78, 5) is 28.4. The largest absolute Gasteiger partial charge is 0.465 e. The second-order valence-corrected chi connectivity index (χ2v) is 20.2. The number of rotatable bonds is 45. The molecule has 0 amide bonds. The van der Waals surface area contributed by atoms with Gasteiger partial charge in [-0.2, -0.15) is 0 Å². The monoisotopic (exact) mass is 876 g/mol. The van der Waals surface area contributed by atoms with Crippen molar-refractivity contribution in [3.8, 4) is 0 Å². The average Bonchev–Trinajstić information content (AvgIpc) is 3.26. The van der Waals surface area contributed by atoms with E-state index in [1.165, 1.54) is 212 Å². The van der Waals surface area contributed by atoms with E-state index in [0.717, 1.165) is 51.6 Å². The van der Waals surface area contributed by atoms with Crippen LogP contribution in [0.2, 0.25) is 0 Å². The molecule has 1 rings (SSSR count). The summed E-state index contributed by atoms with van der Waals surface area (Å²) < 4.78 is 11.8. The fourth-order valence-corrected chi connectivity index (χ4v) is 10.1. The zero-order chi connectivity index (χ0) is 45.0. The van der Waals surface area contributed by atoms with Gasteiger partial charge in [0.2, 0.25) is 0 Å². The van der Waals surface area contributed by atoms with Gasteiger partial charge in [-0.3, -0.25) is 14.5 Å². The smallest absolute Gasteiger partial charge is 0.305 e. The summed E-state index contributed by atoms with van der Waals surface area (Å²) in [6.07, 6.45) is 49.7. The van der Waals surface area contributed by atoms with Gasteiger partial charge in [0.25, 0.3) is 0 Å². The lowest BCUT2D eigenvalue weighted by atomic mass is 9.91. The standard InChI is InChI=1S/C56H109NO5/c1-5-9-13-17-20-28-40-52(38-26-15-11-7-3)49-61-55(59)44-34-24-30-36-51(48-57(46-47-58)54-42-32-22-19-23-33-43-54)37-31-25-35-45-56(60)62-50-53(39-27-16-12-8-4)41-29-21-18-14-10-6-2/h51-54,58H,5-50H2,1-4H3. The van der Waals surface area contributed by atoms with E-state index < -0.39 is 0 Å². The van der Waals surface area contributed by atoms with Crippen molar-refractivity contribution in [2.75, 3.05) is 32.9 Å². The predicted octanol–water partition coefficient (Wildman–Crippen LogP) is 16.7. The molecule has 2 unspecified atom stereocenters. The first kappa shape index (κ1) is 58.9. The van der Waals surface area contributed by atoms with Crippen LogP contribution in [0.4, 0.5) is 0 Å². The number of carbonyl (C=O) groups excluding carboxylic acids is 2. The molecular weight excluding hydrogens is 767 g/mol. The van der Waals surface area contributed by atoms with E-state index in [1.807, 2.05) is 0 Å². The van der Waals surface area contributed by atoms with Crippen LogP contribution in [0, 0.1) is 17.8 Å². The normalized spacial score (nSPS) is 15.3. The molecule has 6 heteroatoms. The molecule has 6 nitrogen and oxygen atoms in total. The van der Waals surface area contributed by atoms with Crippen LogP contribution in [0.3, 0.4) is 0 Å². The molecule has 1 aliphatic rings. The second kappa shape index (κ2) is 45.0. The first-order valence-electron chi connectivity index (χ1n) is 28.1. The molecule has 1 aliphatic carbocycles. The van der Waals surface area contributed by atoms with Crippen molar-refractivity contribution in [3.63, 3.8) is 0 Å². The molecule has 0 radical (unpaired) electrons. The maximum atomic E-state index is 12.9. The van der Waals surface area contributed by atoms with E-state index in [1.54, 1.807) is 0 Å². The van der Waals surface area contributed by atoms with E-state index >= 15 is 0 Å². The van der Waals surface area contributed by atoms with Gasteiger partial charge in [0.05, 0.1) is 19.8 Å². The van der Waals surface area contributed by atoms with Gasteiger partial charge in [-0.1, -0.05) is 214 Å². The molecule has 0 heterocycles. The lowest BCUT2D eigenvalue weighted by Crippen LogP contribution is -2.41. The summed E-state index contributed by atoms with van der Waals surface area (Å²) in [6, 6.07) is 0.586. The van der Waals surface area contributed by atoms with Crippen molar-refractivity contribution < 1.29 is 24.2 Å². The van der Waals surface area contributed by atoms with Gasteiger partial charge in [-0.05, 0) is 82.0 Å². The first-order valence-corrected chi connectivity index (χ1v) is 28.1. The maximum absolute atomic E-state index is 12.9. The minimum Gasteiger partial charge on any atom is -0.465 e. The zero-order valence-corrected chi connectivity index (χ0v) is 42.4. The molecule has 0 aromatic rings. The third-order valence-electron chi connectivity index (χ3n) is 14.3. The summed E-state index contributed by atoms with van der Waals surface area (Å²) in [5.41, 5.74) is 0. The van der Waals surface area contributed by atoms with Crippen molar-refractivity contribution >= 4 is 11.9 Å². The molecule has 0 aromatic carbocycles. The Kier molecular flexibility index (Phi) is 42.8. The molecular formula is C56H109NO5. The number of aliphatic hydroxyl groups is 1. The zero-order valence-electron chi connectivity index (χ0n) is 42.4. The molecule has 1 fully saturated rings. The van der Waals surface area contributed by atoms with E-state index in [0.29, 0.717) is 49.9 Å². The average molecular weight is 876 g/mol. The molecule has 1 N–H and O–H groups in total. The second-order valence-electron chi connectivity index (χ2n) is 20.2. The minimum absolute atomic E-state index is 0.000262. The Morgan fingerprint density at radius 1 is 0.452 bits per heavy atom. The van der Waals surface area contributed by atoms with E-state index in [-0.39, 0.29) is 18.5 Å². The summed E-state index contributed by atoms with van der Waals surface area (Å²) in [5, 5.41) is 10.1. The number of aliphatic hydroxyl groups excluding tert-OH is 1. The molecule has 1 saturated carbocycles. The Hall–Kier alpha value is -1.14. The molecule has 0 saturated heterocycles. The van der Waals surface area contributed by atoms with Crippen molar-refractivity contribution in [1.82, 2.24) is 4.90 Å². The Bertz CT molecular complexity index is 893. The van der Waals surface area contributed by atoms with Gasteiger partial charge in [-0.15, -0.1) is 0 Å². The van der Waals surface area contributed by atoms with Crippen molar-refractivity contribution in [2.24, 2.45) is 17.8 Å². The number of esters is 2. The Balaban J connectivity index is 2.61. The molecule has 0 aliphatic heterocycles. The van der Waals surface area contributed by atoms with Crippen LogP contribution >= 0.6 is 0 Å². The van der Waals surface area contributed by atoms with Crippen molar-refractivity contribution in [3.05, 3.63) is 0 Å². The van der Waals surface area contributed by atoms with Gasteiger partial charge in [-0.25, -0.2) is 0 Å². The Labute approximate surface area is 387 Å². The quantitative estimate of drug-likeness (QED) is 0.0485. The van der Waals surface area contributed by atoms with Gasteiger partial charge in [0, 0.05) is 32.0 Å². The van der Waals surface area contributed by atoms with Crippen LogP contribution in [0.25, 0.3) is 0 Å². The number of hydrogen-bond donors (Lipinski definition) is 1. The SMILES string of the molecule is CCCCCCCCC(CCCCCC)COC(=O)CCCCCC(CCCCCC(=O)OCC(CCCCCC)CCCCCCCC)CN(CCO)C1CCCCCCC1. The summed E-state index contributed by atoms with van der Waals surface area (Å²) in [5.74, 6) is 1.62. The third kappa shape index (κ3) is 36.1. The fourth-order valence-electron chi connectivity index (χ4n) is 10.1. The lowest BCUT2D eigenvalue weighted by molar-refractivity contribution is -0.146. The first-order chi connectivity index (χ1) is 30.5. The molecule has 0 aromatic heterocycles. The Morgan fingerprint density at radius 3 is 1.16 bits per heavy atom. The third-order valence-corrected chi connectivity index (χ3v) is 14.3. The van der Waals surface area contributed by atoms with Gasteiger partial charge >= 0.3 is 11.9 Å². The molecule has 0 spiro atoms. The summed E-state index contributed by atoms with van der Waals surface area (Å²) in [7, 11) is 0. The van der Waals surface area contributed by atoms with Crippen LogP contribution < -0.4 is 0 Å². The fraction of sp³-hybridized carbons (Fsp3) is 0.964. The number of ether oxygens (including phenoxy) is 2. The van der Waals surface area contributed by atoms with Crippen molar-refractivity contribution in [2.45, 2.75) is 297 Å². The van der Waals surface area contributed by atoms with Crippen LogP contribution in [0.1, 0.15) is 291 Å². The number of hydrogen-bond acceptors (Lipinski definition) is 6. The van der Waals surface area contributed by atoms with E-state index in [9.17, 15) is 14.7 Å². The highest BCUT2D eigenvalue weighted by Crippen LogP contribution is 2.27. The number of unbranched alkanes of at least 4 members (excludes halogenated alkanes) is 20. The van der Waals surface area contributed by atoms with E-state index in [4.69, 9.17) is 9.47 Å². The number of carbonyl (C=O) groups is 2.